The third kappa shape index (κ3) is 2.17. The van der Waals surface area contributed by atoms with Crippen molar-refractivity contribution >= 4 is 33.3 Å². The molecule has 1 aromatic heterocycles. The second-order valence-corrected chi connectivity index (χ2v) is 5.83. The highest BCUT2D eigenvalue weighted by Crippen LogP contribution is 2.36. The minimum absolute atomic E-state index is 0.0308. The van der Waals surface area contributed by atoms with Crippen LogP contribution in [0.25, 0.3) is 32.8 Å². The number of aromatic nitrogens is 1. The van der Waals surface area contributed by atoms with E-state index in [0.29, 0.717) is 21.5 Å². The molecular weight excluding hydrogens is 310 g/mol. The van der Waals surface area contributed by atoms with Crippen LogP contribution in [0.3, 0.4) is 0 Å². The maximum Gasteiger partial charge on any atom is 0.260 e. The first kappa shape index (κ1) is 13.9. The normalized spacial score (nSPS) is 11.2. The number of aromatic amines is 1. The minimum Gasteiger partial charge on any atom is -0.506 e. The molecule has 0 fully saturated rings. The van der Waals surface area contributed by atoms with Crippen LogP contribution >= 0.6 is 11.6 Å². The number of benzene rings is 3. The maximum atomic E-state index is 12.6. The van der Waals surface area contributed by atoms with Gasteiger partial charge in [-0.2, -0.15) is 0 Å². The second kappa shape index (κ2) is 5.14. The standard InChI is InChI=1S/C19H12ClNO2/c20-12-8-9-15-16(10-12)21-19(23)17(18(15)22)14-7-3-5-11-4-1-2-6-13(11)14/h1-10H,(H2,21,22,23). The van der Waals surface area contributed by atoms with Gasteiger partial charge in [-0.15, -0.1) is 0 Å². The van der Waals surface area contributed by atoms with E-state index < -0.39 is 0 Å². The number of hydrogen-bond acceptors (Lipinski definition) is 2. The molecule has 0 radical (unpaired) electrons. The molecule has 0 aliphatic carbocycles. The predicted molar refractivity (Wildman–Crippen MR) is 94.2 cm³/mol. The fraction of sp³-hybridized carbons (Fsp3) is 0. The molecule has 0 amide bonds. The number of aromatic hydroxyl groups is 1. The minimum atomic E-state index is -0.339. The summed E-state index contributed by atoms with van der Waals surface area (Å²) in [5.41, 5.74) is 1.16. The Bertz CT molecular complexity index is 1110. The van der Waals surface area contributed by atoms with Crippen molar-refractivity contribution in [2.24, 2.45) is 0 Å². The van der Waals surface area contributed by atoms with Gasteiger partial charge in [0, 0.05) is 10.4 Å². The maximum absolute atomic E-state index is 12.6. The molecule has 3 nitrogen and oxygen atoms in total. The van der Waals surface area contributed by atoms with E-state index in [1.807, 2.05) is 42.5 Å². The zero-order valence-corrected chi connectivity index (χ0v) is 12.8. The molecule has 3 aromatic carbocycles. The summed E-state index contributed by atoms with van der Waals surface area (Å²) >= 11 is 5.95. The first-order valence-electron chi connectivity index (χ1n) is 7.18. The topological polar surface area (TPSA) is 53.1 Å². The molecule has 112 valence electrons. The van der Waals surface area contributed by atoms with Crippen molar-refractivity contribution in [1.82, 2.24) is 4.98 Å². The average molecular weight is 322 g/mol. The molecule has 4 aromatic rings. The molecule has 1 heterocycles. The summed E-state index contributed by atoms with van der Waals surface area (Å²) in [6.45, 7) is 0. The lowest BCUT2D eigenvalue weighted by Crippen LogP contribution is -2.09. The van der Waals surface area contributed by atoms with Crippen LogP contribution in [0.4, 0.5) is 0 Å². The number of pyridine rings is 1. The van der Waals surface area contributed by atoms with Crippen LogP contribution in [-0.2, 0) is 0 Å². The summed E-state index contributed by atoms with van der Waals surface area (Å²) in [6.07, 6.45) is 0. The summed E-state index contributed by atoms with van der Waals surface area (Å²) in [5, 5.41) is 13.7. The first-order valence-corrected chi connectivity index (χ1v) is 7.55. The van der Waals surface area contributed by atoms with Crippen molar-refractivity contribution in [3.05, 3.63) is 76.0 Å². The molecular formula is C19H12ClNO2. The Morgan fingerprint density at radius 1 is 0.913 bits per heavy atom. The zero-order chi connectivity index (χ0) is 16.0. The molecule has 0 atom stereocenters. The van der Waals surface area contributed by atoms with E-state index in [1.54, 1.807) is 18.2 Å². The molecule has 0 spiro atoms. The Hall–Kier alpha value is -2.78. The van der Waals surface area contributed by atoms with Crippen molar-refractivity contribution in [2.75, 3.05) is 0 Å². The number of hydrogen-bond donors (Lipinski definition) is 2. The Labute approximate surface area is 136 Å². The van der Waals surface area contributed by atoms with E-state index in [9.17, 15) is 9.90 Å². The van der Waals surface area contributed by atoms with Gasteiger partial charge in [0.05, 0.1) is 11.1 Å². The summed E-state index contributed by atoms with van der Waals surface area (Å²) in [5.74, 6) is -0.0308. The van der Waals surface area contributed by atoms with E-state index in [4.69, 9.17) is 11.6 Å². The Morgan fingerprint density at radius 2 is 1.70 bits per heavy atom. The largest absolute Gasteiger partial charge is 0.506 e. The van der Waals surface area contributed by atoms with Gasteiger partial charge in [-0.3, -0.25) is 4.79 Å². The Morgan fingerprint density at radius 3 is 2.57 bits per heavy atom. The molecule has 0 saturated heterocycles. The quantitative estimate of drug-likeness (QED) is 0.533. The zero-order valence-electron chi connectivity index (χ0n) is 12.0. The van der Waals surface area contributed by atoms with Crippen molar-refractivity contribution < 1.29 is 5.11 Å². The fourth-order valence-electron chi connectivity index (χ4n) is 2.95. The molecule has 23 heavy (non-hydrogen) atoms. The molecule has 0 aliphatic rings. The highest BCUT2D eigenvalue weighted by atomic mass is 35.5. The Kier molecular flexibility index (Phi) is 3.10. The number of H-pyrrole nitrogens is 1. The van der Waals surface area contributed by atoms with E-state index >= 15 is 0 Å². The van der Waals surface area contributed by atoms with Crippen LogP contribution in [0, 0.1) is 0 Å². The van der Waals surface area contributed by atoms with Crippen LogP contribution in [-0.4, -0.2) is 10.1 Å². The van der Waals surface area contributed by atoms with Crippen LogP contribution < -0.4 is 5.56 Å². The van der Waals surface area contributed by atoms with Crippen LogP contribution in [0.15, 0.2) is 65.5 Å². The van der Waals surface area contributed by atoms with Crippen LogP contribution in [0.1, 0.15) is 0 Å². The summed E-state index contributed by atoms with van der Waals surface area (Å²) in [6, 6.07) is 18.5. The third-order valence-corrected chi connectivity index (χ3v) is 4.24. The van der Waals surface area contributed by atoms with Gasteiger partial charge in [-0.1, -0.05) is 54.1 Å². The van der Waals surface area contributed by atoms with Gasteiger partial charge < -0.3 is 10.1 Å². The van der Waals surface area contributed by atoms with Gasteiger partial charge in [0.2, 0.25) is 0 Å². The van der Waals surface area contributed by atoms with Crippen molar-refractivity contribution in [1.29, 1.82) is 0 Å². The van der Waals surface area contributed by atoms with E-state index in [-0.39, 0.29) is 16.9 Å². The number of halogens is 1. The van der Waals surface area contributed by atoms with Gasteiger partial charge in [-0.25, -0.2) is 0 Å². The third-order valence-electron chi connectivity index (χ3n) is 4.01. The highest BCUT2D eigenvalue weighted by Gasteiger charge is 2.16. The lowest BCUT2D eigenvalue weighted by atomic mass is 9.97. The van der Waals surface area contributed by atoms with E-state index in [2.05, 4.69) is 4.98 Å². The summed E-state index contributed by atoms with van der Waals surface area (Å²) in [7, 11) is 0. The summed E-state index contributed by atoms with van der Waals surface area (Å²) < 4.78 is 0. The fourth-order valence-corrected chi connectivity index (χ4v) is 3.12. The van der Waals surface area contributed by atoms with E-state index in [1.165, 1.54) is 0 Å². The highest BCUT2D eigenvalue weighted by molar-refractivity contribution is 6.31. The molecule has 0 unspecified atom stereocenters. The SMILES string of the molecule is O=c1[nH]c2cc(Cl)ccc2c(O)c1-c1cccc2ccccc12. The molecule has 0 saturated carbocycles. The number of fused-ring (bicyclic) bond motifs is 2. The monoisotopic (exact) mass is 321 g/mol. The summed E-state index contributed by atoms with van der Waals surface area (Å²) in [4.78, 5) is 15.4. The molecule has 0 aliphatic heterocycles. The van der Waals surface area contributed by atoms with Gasteiger partial charge in [0.25, 0.3) is 5.56 Å². The van der Waals surface area contributed by atoms with Crippen LogP contribution in [0.2, 0.25) is 5.02 Å². The van der Waals surface area contributed by atoms with Crippen LogP contribution in [0.5, 0.6) is 5.75 Å². The lowest BCUT2D eigenvalue weighted by Gasteiger charge is -2.10. The van der Waals surface area contributed by atoms with E-state index in [0.717, 1.165) is 10.8 Å². The Balaban J connectivity index is 2.13. The van der Waals surface area contributed by atoms with Gasteiger partial charge in [0.1, 0.15) is 5.75 Å². The van der Waals surface area contributed by atoms with Gasteiger partial charge >= 0.3 is 0 Å². The second-order valence-electron chi connectivity index (χ2n) is 5.39. The lowest BCUT2D eigenvalue weighted by molar-refractivity contribution is 0.482. The van der Waals surface area contributed by atoms with Crippen molar-refractivity contribution in [3.63, 3.8) is 0 Å². The van der Waals surface area contributed by atoms with Gasteiger partial charge in [-0.05, 0) is 34.5 Å². The van der Waals surface area contributed by atoms with Crippen molar-refractivity contribution in [2.45, 2.75) is 0 Å². The molecule has 4 heteroatoms. The first-order chi connectivity index (χ1) is 11.1. The van der Waals surface area contributed by atoms with Crippen molar-refractivity contribution in [3.8, 4) is 16.9 Å². The predicted octanol–water partition coefficient (Wildman–Crippen LogP) is 4.71. The number of rotatable bonds is 1. The molecule has 4 rings (SSSR count). The smallest absolute Gasteiger partial charge is 0.260 e. The average Bonchev–Trinajstić information content (AvgIpc) is 2.54. The van der Waals surface area contributed by atoms with Gasteiger partial charge in [0.15, 0.2) is 0 Å². The number of nitrogens with one attached hydrogen (secondary N) is 1. The molecule has 0 bridgehead atoms. The molecule has 2 N–H and O–H groups in total.